The van der Waals surface area contributed by atoms with E-state index in [9.17, 15) is 9.18 Å². The van der Waals surface area contributed by atoms with Crippen molar-refractivity contribution in [2.75, 3.05) is 6.61 Å². The van der Waals surface area contributed by atoms with Gasteiger partial charge in [-0.2, -0.15) is 0 Å². The zero-order valence-electron chi connectivity index (χ0n) is 13.5. The lowest BCUT2D eigenvalue weighted by Crippen LogP contribution is -2.28. The van der Waals surface area contributed by atoms with E-state index in [2.05, 4.69) is 5.32 Å². The van der Waals surface area contributed by atoms with Gasteiger partial charge in [0.1, 0.15) is 5.82 Å². The Morgan fingerprint density at radius 2 is 1.83 bits per heavy atom. The summed E-state index contributed by atoms with van der Waals surface area (Å²) >= 11 is 0. The van der Waals surface area contributed by atoms with Crippen molar-refractivity contribution < 1.29 is 14.3 Å². The highest BCUT2D eigenvalue weighted by atomic mass is 19.1. The summed E-state index contributed by atoms with van der Waals surface area (Å²) in [6.07, 6.45) is 4.73. The second-order valence-corrected chi connectivity index (χ2v) is 5.52. The van der Waals surface area contributed by atoms with Crippen molar-refractivity contribution in [3.05, 3.63) is 77.6 Å². The normalized spacial score (nSPS) is 12.2. The van der Waals surface area contributed by atoms with Gasteiger partial charge >= 0.3 is 0 Å². The number of aliphatic hydroxyl groups excluding tert-OH is 1. The summed E-state index contributed by atoms with van der Waals surface area (Å²) in [5, 5.41) is 12.0. The summed E-state index contributed by atoms with van der Waals surface area (Å²) in [5.74, 6) is -0.436. The third-order valence-electron chi connectivity index (χ3n) is 3.69. The number of benzene rings is 2. The minimum atomic E-state index is -0.306. The Morgan fingerprint density at radius 3 is 2.54 bits per heavy atom. The largest absolute Gasteiger partial charge is 0.396 e. The fourth-order valence-corrected chi connectivity index (χ4v) is 2.46. The van der Waals surface area contributed by atoms with Crippen LogP contribution in [0, 0.1) is 5.82 Å². The van der Waals surface area contributed by atoms with Gasteiger partial charge in [-0.05, 0) is 24.5 Å². The molecule has 3 nitrogen and oxygen atoms in total. The molecular formula is C20H22FNO2. The van der Waals surface area contributed by atoms with Crippen molar-refractivity contribution in [3.8, 4) is 0 Å². The Hall–Kier alpha value is -2.46. The molecule has 0 aliphatic heterocycles. The summed E-state index contributed by atoms with van der Waals surface area (Å²) in [6.45, 7) is 0.0897. The molecule has 2 aromatic carbocycles. The molecule has 1 atom stereocenters. The SMILES string of the molecule is O=C(C/C=C/c1ccccc1F)NC(CCCO)c1ccccc1. The van der Waals surface area contributed by atoms with E-state index in [4.69, 9.17) is 5.11 Å². The summed E-state index contributed by atoms with van der Waals surface area (Å²) in [7, 11) is 0. The first kappa shape index (κ1) is 17.9. The van der Waals surface area contributed by atoms with Gasteiger partial charge in [0.2, 0.25) is 5.91 Å². The molecule has 0 aliphatic rings. The molecule has 0 aromatic heterocycles. The standard InChI is InChI=1S/C20H22FNO2/c21-18-12-5-4-8-16(18)11-6-14-20(24)22-19(13-7-15-23)17-9-2-1-3-10-17/h1-6,8-12,19,23H,7,13-15H2,(H,22,24)/b11-6+. The van der Waals surface area contributed by atoms with Crippen LogP contribution in [-0.2, 0) is 4.79 Å². The minimum absolute atomic E-state index is 0.0897. The van der Waals surface area contributed by atoms with E-state index in [1.165, 1.54) is 6.07 Å². The van der Waals surface area contributed by atoms with E-state index in [0.29, 0.717) is 18.4 Å². The number of hydrogen-bond donors (Lipinski definition) is 2. The maximum absolute atomic E-state index is 13.5. The van der Waals surface area contributed by atoms with Crippen LogP contribution >= 0.6 is 0 Å². The molecule has 126 valence electrons. The molecule has 0 saturated carbocycles. The van der Waals surface area contributed by atoms with Crippen LogP contribution in [0.1, 0.15) is 36.4 Å². The maximum Gasteiger partial charge on any atom is 0.224 e. The first-order valence-corrected chi connectivity index (χ1v) is 8.07. The maximum atomic E-state index is 13.5. The first-order valence-electron chi connectivity index (χ1n) is 8.07. The molecular weight excluding hydrogens is 305 g/mol. The zero-order valence-corrected chi connectivity index (χ0v) is 13.5. The molecule has 1 unspecified atom stereocenters. The van der Waals surface area contributed by atoms with Crippen LogP contribution in [0.4, 0.5) is 4.39 Å². The van der Waals surface area contributed by atoms with Crippen molar-refractivity contribution in [2.24, 2.45) is 0 Å². The minimum Gasteiger partial charge on any atom is -0.396 e. The van der Waals surface area contributed by atoms with Crippen LogP contribution in [0.25, 0.3) is 6.08 Å². The summed E-state index contributed by atoms with van der Waals surface area (Å²) in [4.78, 5) is 12.1. The highest BCUT2D eigenvalue weighted by molar-refractivity contribution is 5.79. The Balaban J connectivity index is 1.94. The van der Waals surface area contributed by atoms with Gasteiger partial charge < -0.3 is 10.4 Å². The highest BCUT2D eigenvalue weighted by Gasteiger charge is 2.13. The molecule has 2 aromatic rings. The van der Waals surface area contributed by atoms with Crippen LogP contribution < -0.4 is 5.32 Å². The molecule has 0 radical (unpaired) electrons. The number of amides is 1. The number of nitrogens with one attached hydrogen (secondary N) is 1. The highest BCUT2D eigenvalue weighted by Crippen LogP contribution is 2.18. The summed E-state index contributed by atoms with van der Waals surface area (Å²) in [5.41, 5.74) is 1.47. The molecule has 0 spiro atoms. The van der Waals surface area contributed by atoms with E-state index in [0.717, 1.165) is 5.56 Å². The monoisotopic (exact) mass is 327 g/mol. The molecule has 4 heteroatoms. The lowest BCUT2D eigenvalue weighted by atomic mass is 10.0. The molecule has 0 saturated heterocycles. The van der Waals surface area contributed by atoms with Gasteiger partial charge in [-0.25, -0.2) is 4.39 Å². The van der Waals surface area contributed by atoms with Gasteiger partial charge in [-0.3, -0.25) is 4.79 Å². The third-order valence-corrected chi connectivity index (χ3v) is 3.69. The number of halogens is 1. The van der Waals surface area contributed by atoms with E-state index in [1.54, 1.807) is 30.4 Å². The molecule has 24 heavy (non-hydrogen) atoms. The lowest BCUT2D eigenvalue weighted by Gasteiger charge is -2.18. The second kappa shape index (κ2) is 9.63. The molecule has 0 fully saturated rings. The summed E-state index contributed by atoms with van der Waals surface area (Å²) in [6, 6.07) is 16.0. The Kier molecular flexibility index (Phi) is 7.18. The molecule has 0 bridgehead atoms. The number of carbonyl (C=O) groups excluding carboxylic acids is 1. The zero-order chi connectivity index (χ0) is 17.2. The van der Waals surface area contributed by atoms with Gasteiger partial charge in [-0.1, -0.05) is 60.7 Å². The number of rotatable bonds is 8. The predicted octanol–water partition coefficient (Wildman–Crippen LogP) is 3.86. The van der Waals surface area contributed by atoms with E-state index in [1.807, 2.05) is 30.3 Å². The molecule has 2 N–H and O–H groups in total. The van der Waals surface area contributed by atoms with Gasteiger partial charge in [0, 0.05) is 18.6 Å². The Labute approximate surface area is 141 Å². The number of aliphatic hydroxyl groups is 1. The van der Waals surface area contributed by atoms with Crippen LogP contribution in [-0.4, -0.2) is 17.6 Å². The van der Waals surface area contributed by atoms with Gasteiger partial charge in [0.15, 0.2) is 0 Å². The number of carbonyl (C=O) groups is 1. The Morgan fingerprint density at radius 1 is 1.12 bits per heavy atom. The molecule has 0 heterocycles. The van der Waals surface area contributed by atoms with Gasteiger partial charge in [-0.15, -0.1) is 0 Å². The molecule has 0 aliphatic carbocycles. The quantitative estimate of drug-likeness (QED) is 0.773. The Bertz CT molecular complexity index is 670. The van der Waals surface area contributed by atoms with Crippen molar-refractivity contribution in [1.82, 2.24) is 5.32 Å². The average Bonchev–Trinajstić information content (AvgIpc) is 2.61. The van der Waals surface area contributed by atoms with Gasteiger partial charge in [0.05, 0.1) is 6.04 Å². The lowest BCUT2D eigenvalue weighted by molar-refractivity contribution is -0.121. The number of hydrogen-bond acceptors (Lipinski definition) is 2. The van der Waals surface area contributed by atoms with Crippen molar-refractivity contribution in [3.63, 3.8) is 0 Å². The van der Waals surface area contributed by atoms with E-state index in [-0.39, 0.29) is 30.8 Å². The average molecular weight is 327 g/mol. The molecule has 1 amide bonds. The van der Waals surface area contributed by atoms with Gasteiger partial charge in [0.25, 0.3) is 0 Å². The predicted molar refractivity (Wildman–Crippen MR) is 93.7 cm³/mol. The van der Waals surface area contributed by atoms with Crippen molar-refractivity contribution in [1.29, 1.82) is 0 Å². The smallest absolute Gasteiger partial charge is 0.224 e. The second-order valence-electron chi connectivity index (χ2n) is 5.52. The fourth-order valence-electron chi connectivity index (χ4n) is 2.46. The fraction of sp³-hybridized carbons (Fsp3) is 0.250. The topological polar surface area (TPSA) is 49.3 Å². The van der Waals surface area contributed by atoms with E-state index < -0.39 is 0 Å². The van der Waals surface area contributed by atoms with E-state index >= 15 is 0 Å². The van der Waals surface area contributed by atoms with Crippen molar-refractivity contribution >= 4 is 12.0 Å². The van der Waals surface area contributed by atoms with Crippen LogP contribution in [0.15, 0.2) is 60.7 Å². The third kappa shape index (κ3) is 5.63. The van der Waals surface area contributed by atoms with Crippen molar-refractivity contribution in [2.45, 2.75) is 25.3 Å². The van der Waals surface area contributed by atoms with Crippen LogP contribution in [0.5, 0.6) is 0 Å². The molecule has 2 rings (SSSR count). The first-order chi connectivity index (χ1) is 11.7. The van der Waals surface area contributed by atoms with Crippen LogP contribution in [0.2, 0.25) is 0 Å². The van der Waals surface area contributed by atoms with Crippen LogP contribution in [0.3, 0.4) is 0 Å². The summed E-state index contributed by atoms with van der Waals surface area (Å²) < 4.78 is 13.5.